The average Bonchev–Trinajstić information content (AvgIpc) is 2.46. The van der Waals surface area contributed by atoms with E-state index in [0.29, 0.717) is 0 Å². The van der Waals surface area contributed by atoms with Gasteiger partial charge in [-0.3, -0.25) is 10.1 Å². The number of nitrogens with zero attached hydrogens (tertiary/aromatic N) is 1. The Bertz CT molecular complexity index is 688. The van der Waals surface area contributed by atoms with Crippen LogP contribution in [0.15, 0.2) is 36.4 Å². The zero-order chi connectivity index (χ0) is 16.1. The Kier molecular flexibility index (Phi) is 4.93. The van der Waals surface area contributed by atoms with Gasteiger partial charge in [-0.25, -0.2) is 4.39 Å². The predicted octanol–water partition coefficient (Wildman–Crippen LogP) is 3.81. The Labute approximate surface area is 127 Å². The second-order valence-electron chi connectivity index (χ2n) is 4.84. The molecule has 2 aromatic rings. The third-order valence-electron chi connectivity index (χ3n) is 3.06. The van der Waals surface area contributed by atoms with Gasteiger partial charge in [0.05, 0.1) is 4.92 Å². The molecule has 0 atom stereocenters. The first-order valence-corrected chi connectivity index (χ1v) is 6.74. The Morgan fingerprint density at radius 3 is 2.41 bits per heavy atom. The SMILES string of the molecule is Cc1ccc(C)c(OCCOc2cc(F)ccc2[N+](=O)[O-])c1. The van der Waals surface area contributed by atoms with Crippen molar-refractivity contribution < 1.29 is 18.8 Å². The molecule has 0 aliphatic rings. The van der Waals surface area contributed by atoms with E-state index in [1.54, 1.807) is 0 Å². The van der Waals surface area contributed by atoms with E-state index in [0.717, 1.165) is 35.1 Å². The van der Waals surface area contributed by atoms with Crippen LogP contribution < -0.4 is 9.47 Å². The van der Waals surface area contributed by atoms with Gasteiger partial charge in [0, 0.05) is 12.1 Å². The van der Waals surface area contributed by atoms with Crippen LogP contribution in [-0.4, -0.2) is 18.1 Å². The van der Waals surface area contributed by atoms with E-state index >= 15 is 0 Å². The highest BCUT2D eigenvalue weighted by molar-refractivity contribution is 5.46. The lowest BCUT2D eigenvalue weighted by Gasteiger charge is -2.11. The molecule has 0 bridgehead atoms. The minimum atomic E-state index is -0.611. The fourth-order valence-corrected chi connectivity index (χ4v) is 1.92. The van der Waals surface area contributed by atoms with Gasteiger partial charge < -0.3 is 9.47 Å². The van der Waals surface area contributed by atoms with Crippen molar-refractivity contribution in [1.82, 2.24) is 0 Å². The molecule has 0 saturated carbocycles. The highest BCUT2D eigenvalue weighted by Crippen LogP contribution is 2.27. The second kappa shape index (κ2) is 6.89. The maximum absolute atomic E-state index is 13.1. The summed E-state index contributed by atoms with van der Waals surface area (Å²) in [5, 5.41) is 10.8. The van der Waals surface area contributed by atoms with E-state index in [-0.39, 0.29) is 24.7 Å². The molecule has 0 saturated heterocycles. The summed E-state index contributed by atoms with van der Waals surface area (Å²) in [6.07, 6.45) is 0. The molecule has 0 amide bonds. The number of aryl methyl sites for hydroxylation is 2. The average molecular weight is 305 g/mol. The van der Waals surface area contributed by atoms with Crippen molar-refractivity contribution in [2.45, 2.75) is 13.8 Å². The second-order valence-corrected chi connectivity index (χ2v) is 4.84. The van der Waals surface area contributed by atoms with Crippen LogP contribution in [-0.2, 0) is 0 Å². The Morgan fingerprint density at radius 1 is 1.05 bits per heavy atom. The quantitative estimate of drug-likeness (QED) is 0.462. The van der Waals surface area contributed by atoms with Crippen LogP contribution in [0.3, 0.4) is 0 Å². The number of nitro benzene ring substituents is 1. The minimum Gasteiger partial charge on any atom is -0.490 e. The molecule has 22 heavy (non-hydrogen) atoms. The fourth-order valence-electron chi connectivity index (χ4n) is 1.92. The number of halogens is 1. The van der Waals surface area contributed by atoms with Crippen molar-refractivity contribution in [3.8, 4) is 11.5 Å². The summed E-state index contributed by atoms with van der Waals surface area (Å²) in [4.78, 5) is 10.2. The third-order valence-corrected chi connectivity index (χ3v) is 3.06. The first-order chi connectivity index (χ1) is 10.5. The summed E-state index contributed by atoms with van der Waals surface area (Å²) in [7, 11) is 0. The predicted molar refractivity (Wildman–Crippen MR) is 80.0 cm³/mol. The van der Waals surface area contributed by atoms with Crippen molar-refractivity contribution in [2.75, 3.05) is 13.2 Å². The minimum absolute atomic E-state index is 0.0810. The number of rotatable bonds is 6. The molecule has 0 aliphatic heterocycles. The maximum atomic E-state index is 13.1. The lowest BCUT2D eigenvalue weighted by Crippen LogP contribution is -2.10. The molecule has 0 fully saturated rings. The first kappa shape index (κ1) is 15.8. The largest absolute Gasteiger partial charge is 0.490 e. The zero-order valence-corrected chi connectivity index (χ0v) is 12.3. The maximum Gasteiger partial charge on any atom is 0.311 e. The number of hydrogen-bond acceptors (Lipinski definition) is 4. The van der Waals surface area contributed by atoms with E-state index in [1.165, 1.54) is 0 Å². The normalized spacial score (nSPS) is 10.3. The fraction of sp³-hybridized carbons (Fsp3) is 0.250. The summed E-state index contributed by atoms with van der Waals surface area (Å²) in [6, 6.07) is 8.93. The molecular formula is C16H16FNO4. The number of ether oxygens (including phenoxy) is 2. The van der Waals surface area contributed by atoms with E-state index < -0.39 is 10.7 Å². The number of nitro groups is 1. The monoisotopic (exact) mass is 305 g/mol. The van der Waals surface area contributed by atoms with E-state index in [4.69, 9.17) is 9.47 Å². The topological polar surface area (TPSA) is 61.6 Å². The molecule has 0 spiro atoms. The van der Waals surface area contributed by atoms with Crippen LogP contribution in [0.5, 0.6) is 11.5 Å². The zero-order valence-electron chi connectivity index (χ0n) is 12.3. The van der Waals surface area contributed by atoms with Gasteiger partial charge in [0.2, 0.25) is 0 Å². The lowest BCUT2D eigenvalue weighted by molar-refractivity contribution is -0.385. The van der Waals surface area contributed by atoms with Crippen molar-refractivity contribution >= 4 is 5.69 Å². The van der Waals surface area contributed by atoms with Crippen LogP contribution in [0, 0.1) is 29.8 Å². The van der Waals surface area contributed by atoms with Crippen LogP contribution in [0.4, 0.5) is 10.1 Å². The van der Waals surface area contributed by atoms with Crippen LogP contribution in [0.2, 0.25) is 0 Å². The molecule has 0 aromatic heterocycles. The summed E-state index contributed by atoms with van der Waals surface area (Å²) in [5.74, 6) is 0.0444. The summed E-state index contributed by atoms with van der Waals surface area (Å²) in [5.41, 5.74) is 1.79. The van der Waals surface area contributed by atoms with Gasteiger partial charge in [0.1, 0.15) is 24.8 Å². The number of hydrogen-bond donors (Lipinski definition) is 0. The van der Waals surface area contributed by atoms with Crippen molar-refractivity contribution in [1.29, 1.82) is 0 Å². The molecule has 0 unspecified atom stereocenters. The van der Waals surface area contributed by atoms with Crippen molar-refractivity contribution in [2.24, 2.45) is 0 Å². The van der Waals surface area contributed by atoms with E-state index in [1.807, 2.05) is 32.0 Å². The van der Waals surface area contributed by atoms with E-state index in [9.17, 15) is 14.5 Å². The first-order valence-electron chi connectivity index (χ1n) is 6.74. The van der Waals surface area contributed by atoms with Crippen LogP contribution >= 0.6 is 0 Å². The summed E-state index contributed by atoms with van der Waals surface area (Å²) in [6.45, 7) is 4.17. The smallest absolute Gasteiger partial charge is 0.311 e. The summed E-state index contributed by atoms with van der Waals surface area (Å²) < 4.78 is 24.0. The molecule has 2 rings (SSSR count). The third kappa shape index (κ3) is 3.94. The molecule has 0 N–H and O–H groups in total. The molecule has 116 valence electrons. The van der Waals surface area contributed by atoms with Gasteiger partial charge >= 0.3 is 5.69 Å². The molecule has 6 heteroatoms. The van der Waals surface area contributed by atoms with Gasteiger partial charge in [0.15, 0.2) is 5.75 Å². The van der Waals surface area contributed by atoms with Crippen LogP contribution in [0.25, 0.3) is 0 Å². The Hall–Kier alpha value is -2.63. The van der Waals surface area contributed by atoms with Crippen LogP contribution in [0.1, 0.15) is 11.1 Å². The Balaban J connectivity index is 1.95. The molecule has 5 nitrogen and oxygen atoms in total. The van der Waals surface area contributed by atoms with Gasteiger partial charge in [0.25, 0.3) is 0 Å². The Morgan fingerprint density at radius 2 is 1.73 bits per heavy atom. The van der Waals surface area contributed by atoms with Gasteiger partial charge in [-0.15, -0.1) is 0 Å². The van der Waals surface area contributed by atoms with Gasteiger partial charge in [-0.05, 0) is 37.1 Å². The molecular weight excluding hydrogens is 289 g/mol. The molecule has 0 radical (unpaired) electrons. The standard InChI is InChI=1S/C16H16FNO4/c1-11-3-4-12(2)15(9-11)21-7-8-22-16-10-13(17)5-6-14(16)18(19)20/h3-6,9-10H,7-8H2,1-2H3. The molecule has 0 heterocycles. The van der Waals surface area contributed by atoms with Gasteiger partial charge in [-0.1, -0.05) is 12.1 Å². The highest BCUT2D eigenvalue weighted by atomic mass is 19.1. The van der Waals surface area contributed by atoms with Crippen molar-refractivity contribution in [3.05, 3.63) is 63.5 Å². The lowest BCUT2D eigenvalue weighted by atomic mass is 10.1. The van der Waals surface area contributed by atoms with Crippen molar-refractivity contribution in [3.63, 3.8) is 0 Å². The highest BCUT2D eigenvalue weighted by Gasteiger charge is 2.15. The van der Waals surface area contributed by atoms with E-state index in [2.05, 4.69) is 0 Å². The summed E-state index contributed by atoms with van der Waals surface area (Å²) >= 11 is 0. The van der Waals surface area contributed by atoms with Gasteiger partial charge in [-0.2, -0.15) is 0 Å². The number of benzene rings is 2. The molecule has 0 aliphatic carbocycles. The molecule has 2 aromatic carbocycles.